The maximum absolute atomic E-state index is 13.4. The van der Waals surface area contributed by atoms with Gasteiger partial charge in [-0.3, -0.25) is 9.69 Å². The van der Waals surface area contributed by atoms with Crippen LogP contribution in [0, 0.1) is 0 Å². The molecule has 7 nitrogen and oxygen atoms in total. The summed E-state index contributed by atoms with van der Waals surface area (Å²) >= 11 is 1.14. The number of thiazole rings is 1. The molecule has 172 valence electrons. The van der Waals surface area contributed by atoms with Crippen LogP contribution in [0.2, 0.25) is 0 Å². The highest BCUT2D eigenvalue weighted by Gasteiger charge is 2.31. The lowest BCUT2D eigenvalue weighted by atomic mass is 10.2. The van der Waals surface area contributed by atoms with Gasteiger partial charge in [0.05, 0.1) is 40.2 Å². The number of ether oxygens (including phenoxy) is 2. The Kier molecular flexibility index (Phi) is 5.67. The van der Waals surface area contributed by atoms with E-state index >= 15 is 0 Å². The minimum Gasteiger partial charge on any atom is -0.406 e. The highest BCUT2D eigenvalue weighted by molar-refractivity contribution is 7.22. The number of hydrogen-bond donors (Lipinski definition) is 0. The van der Waals surface area contributed by atoms with Crippen LogP contribution in [0.3, 0.4) is 0 Å². The molecule has 0 N–H and O–H groups in total. The van der Waals surface area contributed by atoms with E-state index in [0.29, 0.717) is 28.5 Å². The topological polar surface area (TPSA) is 69.5 Å². The van der Waals surface area contributed by atoms with Crippen LogP contribution < -0.4 is 9.64 Å². The van der Waals surface area contributed by atoms with E-state index in [4.69, 9.17) is 4.74 Å². The first-order valence-electron chi connectivity index (χ1n) is 10.3. The van der Waals surface area contributed by atoms with Crippen molar-refractivity contribution in [3.63, 3.8) is 0 Å². The largest absolute Gasteiger partial charge is 0.573 e. The van der Waals surface area contributed by atoms with Crippen molar-refractivity contribution < 1.29 is 27.4 Å². The van der Waals surface area contributed by atoms with Gasteiger partial charge in [0, 0.05) is 12.7 Å². The van der Waals surface area contributed by atoms with E-state index in [2.05, 4.69) is 14.7 Å². The molecule has 1 fully saturated rings. The zero-order chi connectivity index (χ0) is 23.0. The van der Waals surface area contributed by atoms with E-state index in [1.54, 1.807) is 15.8 Å². The number of aromatic nitrogens is 3. The fourth-order valence-electron chi connectivity index (χ4n) is 3.85. The molecule has 1 amide bonds. The molecule has 0 saturated carbocycles. The van der Waals surface area contributed by atoms with Gasteiger partial charge in [0.25, 0.3) is 0 Å². The Hall–Kier alpha value is -3.18. The summed E-state index contributed by atoms with van der Waals surface area (Å²) < 4.78 is 49.8. The third kappa shape index (κ3) is 4.79. The molecule has 11 heteroatoms. The summed E-state index contributed by atoms with van der Waals surface area (Å²) in [4.78, 5) is 23.8. The number of alkyl halides is 3. The van der Waals surface area contributed by atoms with E-state index in [1.165, 1.54) is 18.2 Å². The summed E-state index contributed by atoms with van der Waals surface area (Å²) in [6, 6.07) is 11.5. The lowest BCUT2D eigenvalue weighted by molar-refractivity contribution is -0.274. The first kappa shape index (κ1) is 21.7. The quantitative estimate of drug-likeness (QED) is 0.402. The maximum Gasteiger partial charge on any atom is 0.573 e. The third-order valence-electron chi connectivity index (χ3n) is 5.36. The van der Waals surface area contributed by atoms with Gasteiger partial charge in [-0.25, -0.2) is 9.97 Å². The SMILES string of the molecule is O=C(Cn1cnc2ccccc21)N(CC1CCCO1)c1nc2ccc(OC(F)(F)F)cc2s1. The van der Waals surface area contributed by atoms with Crippen molar-refractivity contribution in [3.05, 3.63) is 48.8 Å². The lowest BCUT2D eigenvalue weighted by Crippen LogP contribution is -2.39. The minimum absolute atomic E-state index is 0.0472. The summed E-state index contributed by atoms with van der Waals surface area (Å²) in [6.07, 6.45) is -1.55. The number of halogens is 3. The molecule has 5 rings (SSSR count). The molecule has 33 heavy (non-hydrogen) atoms. The lowest BCUT2D eigenvalue weighted by Gasteiger charge is -2.23. The number of anilines is 1. The van der Waals surface area contributed by atoms with E-state index in [0.717, 1.165) is 35.2 Å². The Labute approximate surface area is 190 Å². The molecule has 1 aliphatic rings. The number of imidazole rings is 1. The fourth-order valence-corrected chi connectivity index (χ4v) is 4.87. The van der Waals surface area contributed by atoms with Crippen molar-refractivity contribution in [1.29, 1.82) is 0 Å². The average Bonchev–Trinajstić information content (AvgIpc) is 3.50. The fraction of sp³-hybridized carbons (Fsp3) is 0.318. The molecule has 0 spiro atoms. The molecule has 1 atom stereocenters. The van der Waals surface area contributed by atoms with Crippen LogP contribution in [-0.4, -0.2) is 46.1 Å². The molecule has 0 aliphatic carbocycles. The molecule has 3 heterocycles. The van der Waals surface area contributed by atoms with Gasteiger partial charge >= 0.3 is 6.36 Å². The number of carbonyl (C=O) groups is 1. The Morgan fingerprint density at radius 3 is 2.88 bits per heavy atom. The van der Waals surface area contributed by atoms with E-state index < -0.39 is 6.36 Å². The number of fused-ring (bicyclic) bond motifs is 2. The van der Waals surface area contributed by atoms with Gasteiger partial charge in [-0.2, -0.15) is 0 Å². The summed E-state index contributed by atoms with van der Waals surface area (Å²) in [6.45, 7) is 1.000. The second kappa shape index (κ2) is 8.64. The Bertz CT molecular complexity index is 1300. The second-order valence-electron chi connectivity index (χ2n) is 7.67. The van der Waals surface area contributed by atoms with Crippen LogP contribution in [0.1, 0.15) is 12.8 Å². The van der Waals surface area contributed by atoms with Crippen LogP contribution in [-0.2, 0) is 16.1 Å². The smallest absolute Gasteiger partial charge is 0.406 e. The molecular weight excluding hydrogens is 457 g/mol. The molecule has 1 unspecified atom stereocenters. The summed E-state index contributed by atoms with van der Waals surface area (Å²) in [5.41, 5.74) is 2.11. The first-order valence-corrected chi connectivity index (χ1v) is 11.2. The van der Waals surface area contributed by atoms with E-state index in [1.807, 2.05) is 24.3 Å². The van der Waals surface area contributed by atoms with Crippen molar-refractivity contribution in [3.8, 4) is 5.75 Å². The van der Waals surface area contributed by atoms with E-state index in [9.17, 15) is 18.0 Å². The third-order valence-corrected chi connectivity index (χ3v) is 6.40. The van der Waals surface area contributed by atoms with Crippen molar-refractivity contribution in [1.82, 2.24) is 14.5 Å². The molecule has 2 aromatic heterocycles. The number of rotatable bonds is 6. The number of benzene rings is 2. The molecule has 4 aromatic rings. The first-order chi connectivity index (χ1) is 15.9. The predicted molar refractivity (Wildman–Crippen MR) is 117 cm³/mol. The van der Waals surface area contributed by atoms with Crippen molar-refractivity contribution in [2.24, 2.45) is 0 Å². The van der Waals surface area contributed by atoms with Crippen molar-refractivity contribution in [2.45, 2.75) is 31.9 Å². The monoisotopic (exact) mass is 476 g/mol. The van der Waals surface area contributed by atoms with Gasteiger partial charge in [-0.05, 0) is 37.1 Å². The van der Waals surface area contributed by atoms with Crippen molar-refractivity contribution in [2.75, 3.05) is 18.1 Å². The number of para-hydroxylation sites is 2. The maximum atomic E-state index is 13.4. The van der Waals surface area contributed by atoms with Gasteiger partial charge in [0.2, 0.25) is 5.91 Å². The van der Waals surface area contributed by atoms with Crippen LogP contribution in [0.15, 0.2) is 48.8 Å². The average molecular weight is 476 g/mol. The number of nitrogens with zero attached hydrogens (tertiary/aromatic N) is 4. The summed E-state index contributed by atoms with van der Waals surface area (Å²) in [7, 11) is 0. The molecular formula is C22H19F3N4O3S. The zero-order valence-corrected chi connectivity index (χ0v) is 18.1. The van der Waals surface area contributed by atoms with Gasteiger partial charge in [0.1, 0.15) is 12.3 Å². The molecule has 0 radical (unpaired) electrons. The second-order valence-corrected chi connectivity index (χ2v) is 8.68. The Morgan fingerprint density at radius 1 is 1.24 bits per heavy atom. The zero-order valence-electron chi connectivity index (χ0n) is 17.3. The number of amides is 1. The summed E-state index contributed by atoms with van der Waals surface area (Å²) in [5.74, 6) is -0.536. The number of carbonyl (C=O) groups excluding carboxylic acids is 1. The van der Waals surface area contributed by atoms with Gasteiger partial charge in [0.15, 0.2) is 5.13 Å². The predicted octanol–water partition coefficient (Wildman–Crippen LogP) is 4.76. The summed E-state index contributed by atoms with van der Waals surface area (Å²) in [5, 5.41) is 0.402. The van der Waals surface area contributed by atoms with Crippen LogP contribution in [0.4, 0.5) is 18.3 Å². The molecule has 1 aliphatic heterocycles. The normalized spacial score (nSPS) is 16.5. The van der Waals surface area contributed by atoms with Crippen LogP contribution in [0.5, 0.6) is 5.75 Å². The van der Waals surface area contributed by atoms with Crippen LogP contribution in [0.25, 0.3) is 21.3 Å². The van der Waals surface area contributed by atoms with E-state index in [-0.39, 0.29) is 24.3 Å². The molecule has 0 bridgehead atoms. The van der Waals surface area contributed by atoms with Crippen molar-refractivity contribution >= 4 is 43.6 Å². The number of hydrogen-bond acceptors (Lipinski definition) is 6. The van der Waals surface area contributed by atoms with Gasteiger partial charge in [-0.1, -0.05) is 23.5 Å². The Morgan fingerprint density at radius 2 is 2.09 bits per heavy atom. The van der Waals surface area contributed by atoms with Gasteiger partial charge in [-0.15, -0.1) is 13.2 Å². The minimum atomic E-state index is -4.78. The van der Waals surface area contributed by atoms with Crippen LogP contribution >= 0.6 is 11.3 Å². The standard InChI is InChI=1S/C22H19F3N4O3S/c23-22(24,25)32-14-7-8-17-19(10-14)33-21(27-17)29(11-15-4-3-9-31-15)20(30)12-28-13-26-16-5-1-2-6-18(16)28/h1-2,5-8,10,13,15H,3-4,9,11-12H2. The van der Waals surface area contributed by atoms with Gasteiger partial charge < -0.3 is 14.0 Å². The Balaban J connectivity index is 1.45. The molecule has 2 aromatic carbocycles. The highest BCUT2D eigenvalue weighted by atomic mass is 32.1. The molecule has 1 saturated heterocycles. The highest BCUT2D eigenvalue weighted by Crippen LogP contribution is 2.34.